The Bertz CT molecular complexity index is 638. The Kier molecular flexibility index (Phi) is 3.91. The standard InChI is InChI=1S/C11H7F3N2O2S2/c12-11(13,14)20-6-3-1-5(2-4-6)8-7(9(17)18)16-10(15)19-8/h1-4H,(H2,15,16)(H,17,18). The third-order valence-corrected chi connectivity index (χ3v) is 3.87. The Morgan fingerprint density at radius 3 is 2.40 bits per heavy atom. The summed E-state index contributed by atoms with van der Waals surface area (Å²) in [6, 6.07) is 5.37. The van der Waals surface area contributed by atoms with Gasteiger partial charge in [0.25, 0.3) is 0 Å². The summed E-state index contributed by atoms with van der Waals surface area (Å²) in [6.07, 6.45) is 0. The van der Waals surface area contributed by atoms with Crippen molar-refractivity contribution in [1.82, 2.24) is 4.98 Å². The number of thioether (sulfide) groups is 1. The zero-order chi connectivity index (χ0) is 14.9. The van der Waals surface area contributed by atoms with Gasteiger partial charge in [-0.1, -0.05) is 23.5 Å². The van der Waals surface area contributed by atoms with E-state index in [-0.39, 0.29) is 27.5 Å². The van der Waals surface area contributed by atoms with Gasteiger partial charge in [-0.15, -0.1) is 0 Å². The number of carbonyl (C=O) groups is 1. The van der Waals surface area contributed by atoms with Crippen molar-refractivity contribution in [3.8, 4) is 10.4 Å². The smallest absolute Gasteiger partial charge is 0.446 e. The molecule has 0 aliphatic carbocycles. The number of hydrogen-bond acceptors (Lipinski definition) is 5. The molecule has 0 radical (unpaired) electrons. The van der Waals surface area contributed by atoms with E-state index in [9.17, 15) is 18.0 Å². The lowest BCUT2D eigenvalue weighted by atomic mass is 10.1. The number of nitrogens with zero attached hydrogens (tertiary/aromatic N) is 1. The molecule has 1 aromatic heterocycles. The third kappa shape index (κ3) is 3.42. The summed E-state index contributed by atoms with van der Waals surface area (Å²) in [4.78, 5) is 15.0. The summed E-state index contributed by atoms with van der Waals surface area (Å²) in [6.45, 7) is 0. The SMILES string of the molecule is Nc1nc(C(=O)O)c(-c2ccc(SC(F)(F)F)cc2)s1. The van der Waals surface area contributed by atoms with Gasteiger partial charge in [0.15, 0.2) is 10.8 Å². The largest absolute Gasteiger partial charge is 0.476 e. The fraction of sp³-hybridized carbons (Fsp3) is 0.0909. The molecule has 2 aromatic rings. The average molecular weight is 320 g/mol. The first-order chi connectivity index (χ1) is 9.26. The van der Waals surface area contributed by atoms with Crippen molar-refractivity contribution in [3.63, 3.8) is 0 Å². The van der Waals surface area contributed by atoms with Crippen LogP contribution in [0.1, 0.15) is 10.5 Å². The fourth-order valence-electron chi connectivity index (χ4n) is 1.49. The summed E-state index contributed by atoms with van der Waals surface area (Å²) >= 11 is 0.739. The van der Waals surface area contributed by atoms with Gasteiger partial charge in [-0.2, -0.15) is 13.2 Å². The van der Waals surface area contributed by atoms with Crippen molar-refractivity contribution in [2.75, 3.05) is 5.73 Å². The maximum atomic E-state index is 12.2. The summed E-state index contributed by atoms with van der Waals surface area (Å²) in [5.74, 6) is -1.23. The van der Waals surface area contributed by atoms with E-state index in [1.807, 2.05) is 0 Å². The Hall–Kier alpha value is -1.74. The molecule has 20 heavy (non-hydrogen) atoms. The average Bonchev–Trinajstić information content (AvgIpc) is 2.70. The van der Waals surface area contributed by atoms with E-state index in [0.29, 0.717) is 10.4 Å². The molecule has 0 aliphatic rings. The van der Waals surface area contributed by atoms with Gasteiger partial charge >= 0.3 is 11.5 Å². The number of nitrogens with two attached hydrogens (primary N) is 1. The predicted molar refractivity (Wildman–Crippen MR) is 70.8 cm³/mol. The monoisotopic (exact) mass is 320 g/mol. The molecule has 0 aliphatic heterocycles. The van der Waals surface area contributed by atoms with Crippen LogP contribution in [0.4, 0.5) is 18.3 Å². The molecule has 106 valence electrons. The normalized spacial score (nSPS) is 11.6. The molecule has 3 N–H and O–H groups in total. The molecule has 1 aromatic carbocycles. The van der Waals surface area contributed by atoms with E-state index < -0.39 is 11.5 Å². The van der Waals surface area contributed by atoms with Crippen LogP contribution >= 0.6 is 23.1 Å². The van der Waals surface area contributed by atoms with Gasteiger partial charge < -0.3 is 10.8 Å². The molecule has 0 saturated carbocycles. The van der Waals surface area contributed by atoms with Crippen LogP contribution in [-0.2, 0) is 0 Å². The van der Waals surface area contributed by atoms with Crippen molar-refractivity contribution in [2.24, 2.45) is 0 Å². The van der Waals surface area contributed by atoms with Gasteiger partial charge in [-0.3, -0.25) is 0 Å². The van der Waals surface area contributed by atoms with E-state index in [1.165, 1.54) is 24.3 Å². The Balaban J connectivity index is 2.33. The number of carboxylic acid groups (broad SMARTS) is 1. The quantitative estimate of drug-likeness (QED) is 0.843. The molecule has 1 heterocycles. The molecule has 0 bridgehead atoms. The number of hydrogen-bond donors (Lipinski definition) is 2. The van der Waals surface area contributed by atoms with E-state index in [0.717, 1.165) is 11.3 Å². The van der Waals surface area contributed by atoms with Crippen LogP contribution in [0.15, 0.2) is 29.2 Å². The highest BCUT2D eigenvalue weighted by Crippen LogP contribution is 2.38. The molecule has 0 spiro atoms. The van der Waals surface area contributed by atoms with Crippen molar-refractivity contribution >= 4 is 34.2 Å². The first kappa shape index (κ1) is 14.7. The number of nitrogen functional groups attached to an aromatic ring is 1. The van der Waals surface area contributed by atoms with Crippen LogP contribution < -0.4 is 5.73 Å². The highest BCUT2D eigenvalue weighted by atomic mass is 32.2. The highest BCUT2D eigenvalue weighted by Gasteiger charge is 2.29. The van der Waals surface area contributed by atoms with E-state index in [2.05, 4.69) is 4.98 Å². The third-order valence-electron chi connectivity index (χ3n) is 2.20. The number of rotatable bonds is 3. The first-order valence-corrected chi connectivity index (χ1v) is 6.75. The van der Waals surface area contributed by atoms with Crippen LogP contribution in [0.3, 0.4) is 0 Å². The van der Waals surface area contributed by atoms with E-state index >= 15 is 0 Å². The zero-order valence-corrected chi connectivity index (χ0v) is 11.3. The van der Waals surface area contributed by atoms with E-state index in [1.54, 1.807) is 0 Å². The van der Waals surface area contributed by atoms with Crippen molar-refractivity contribution in [3.05, 3.63) is 30.0 Å². The summed E-state index contributed by atoms with van der Waals surface area (Å²) in [5.41, 5.74) is 1.36. The lowest BCUT2D eigenvalue weighted by molar-refractivity contribution is -0.0328. The number of alkyl halides is 3. The number of benzene rings is 1. The minimum absolute atomic E-state index is 0.0237. The molecule has 0 atom stereocenters. The maximum absolute atomic E-state index is 12.2. The number of halogens is 3. The molecule has 2 rings (SSSR count). The molecular weight excluding hydrogens is 313 g/mol. The second-order valence-electron chi connectivity index (χ2n) is 3.61. The first-order valence-electron chi connectivity index (χ1n) is 5.12. The molecule has 4 nitrogen and oxygen atoms in total. The lowest BCUT2D eigenvalue weighted by Gasteiger charge is -2.06. The van der Waals surface area contributed by atoms with Gasteiger partial charge in [0.05, 0.1) is 4.88 Å². The second kappa shape index (κ2) is 5.33. The van der Waals surface area contributed by atoms with E-state index in [4.69, 9.17) is 10.8 Å². The number of aromatic carboxylic acids is 1. The fourth-order valence-corrected chi connectivity index (χ4v) is 2.85. The Labute approximate surface area is 119 Å². The maximum Gasteiger partial charge on any atom is 0.446 e. The Morgan fingerprint density at radius 1 is 1.30 bits per heavy atom. The van der Waals surface area contributed by atoms with Crippen LogP contribution in [0, 0.1) is 0 Å². The van der Waals surface area contributed by atoms with Gasteiger partial charge in [0, 0.05) is 4.90 Å². The highest BCUT2D eigenvalue weighted by molar-refractivity contribution is 8.00. The number of aromatic nitrogens is 1. The summed E-state index contributed by atoms with van der Waals surface area (Å²) < 4.78 is 36.6. The minimum Gasteiger partial charge on any atom is -0.476 e. The lowest BCUT2D eigenvalue weighted by Crippen LogP contribution is -2.00. The van der Waals surface area contributed by atoms with Crippen molar-refractivity contribution in [1.29, 1.82) is 0 Å². The van der Waals surface area contributed by atoms with Crippen LogP contribution in [-0.4, -0.2) is 21.6 Å². The molecule has 0 unspecified atom stereocenters. The predicted octanol–water partition coefficient (Wildman–Crippen LogP) is 3.70. The minimum atomic E-state index is -4.36. The number of anilines is 1. The van der Waals surface area contributed by atoms with Crippen LogP contribution in [0.5, 0.6) is 0 Å². The molecule has 0 saturated heterocycles. The molecule has 9 heteroatoms. The number of carboxylic acids is 1. The van der Waals surface area contributed by atoms with Crippen molar-refractivity contribution in [2.45, 2.75) is 10.4 Å². The van der Waals surface area contributed by atoms with Gasteiger partial charge in [0.2, 0.25) is 0 Å². The second-order valence-corrected chi connectivity index (χ2v) is 5.78. The Morgan fingerprint density at radius 2 is 1.90 bits per heavy atom. The van der Waals surface area contributed by atoms with Crippen LogP contribution in [0.2, 0.25) is 0 Å². The molecule has 0 amide bonds. The topological polar surface area (TPSA) is 76.2 Å². The summed E-state index contributed by atoms with van der Waals surface area (Å²) in [5, 5.41) is 9.07. The van der Waals surface area contributed by atoms with Crippen molar-refractivity contribution < 1.29 is 23.1 Å². The van der Waals surface area contributed by atoms with Gasteiger partial charge in [-0.25, -0.2) is 9.78 Å². The van der Waals surface area contributed by atoms with Crippen LogP contribution in [0.25, 0.3) is 10.4 Å². The van der Waals surface area contributed by atoms with Gasteiger partial charge in [0.1, 0.15) is 0 Å². The summed E-state index contributed by atoms with van der Waals surface area (Å²) in [7, 11) is 0. The molecular formula is C11H7F3N2O2S2. The van der Waals surface area contributed by atoms with Gasteiger partial charge in [-0.05, 0) is 29.5 Å². The number of thiazole rings is 1. The molecule has 0 fully saturated rings. The zero-order valence-electron chi connectivity index (χ0n) is 9.64.